The van der Waals surface area contributed by atoms with Crippen LogP contribution < -0.4 is 10.5 Å². The first-order chi connectivity index (χ1) is 11.2. The van der Waals surface area contributed by atoms with Crippen LogP contribution in [0.5, 0.6) is 5.75 Å². The summed E-state index contributed by atoms with van der Waals surface area (Å²) < 4.78 is 6.68. The monoisotopic (exact) mass is 343 g/mol. The first kappa shape index (κ1) is 19.9. The maximum absolute atomic E-state index is 6.68. The van der Waals surface area contributed by atoms with Gasteiger partial charge in [0.05, 0.1) is 0 Å². The van der Waals surface area contributed by atoms with E-state index in [0.29, 0.717) is 0 Å². The Kier molecular flexibility index (Phi) is 5.07. The fourth-order valence-corrected chi connectivity index (χ4v) is 3.51. The summed E-state index contributed by atoms with van der Waals surface area (Å²) in [4.78, 5) is 0. The molecule has 2 nitrogen and oxygen atoms in total. The molecule has 2 N–H and O–H groups in total. The van der Waals surface area contributed by atoms with E-state index in [4.69, 9.17) is 10.5 Å². The van der Waals surface area contributed by atoms with E-state index in [-0.39, 0.29) is 16.4 Å². The molecular formula is C23H37NO. The van der Waals surface area contributed by atoms with Gasteiger partial charge in [0.1, 0.15) is 11.4 Å². The number of aryl methyl sites for hydroxylation is 1. The largest absolute Gasteiger partial charge is 0.487 e. The normalized spacial score (nSPS) is 22.1. The molecule has 2 rings (SSSR count). The van der Waals surface area contributed by atoms with E-state index in [9.17, 15) is 0 Å². The van der Waals surface area contributed by atoms with Crippen LogP contribution in [0, 0.1) is 0 Å². The number of hydrogen-bond acceptors (Lipinski definition) is 2. The van der Waals surface area contributed by atoms with Gasteiger partial charge in [-0.3, -0.25) is 0 Å². The van der Waals surface area contributed by atoms with Crippen molar-refractivity contribution in [2.45, 2.75) is 98.0 Å². The Balaban J connectivity index is 2.53. The second-order valence-electron chi connectivity index (χ2n) is 10.2. The van der Waals surface area contributed by atoms with Gasteiger partial charge in [0.2, 0.25) is 0 Å². The van der Waals surface area contributed by atoms with E-state index in [0.717, 1.165) is 30.7 Å². The first-order valence-electron chi connectivity index (χ1n) is 9.52. The van der Waals surface area contributed by atoms with Gasteiger partial charge in [0.15, 0.2) is 0 Å². The highest BCUT2D eigenvalue weighted by atomic mass is 16.5. The van der Waals surface area contributed by atoms with Gasteiger partial charge >= 0.3 is 0 Å². The van der Waals surface area contributed by atoms with Crippen molar-refractivity contribution in [3.63, 3.8) is 0 Å². The molecule has 0 aliphatic carbocycles. The van der Waals surface area contributed by atoms with E-state index in [1.54, 1.807) is 0 Å². The lowest BCUT2D eigenvalue weighted by Crippen LogP contribution is -2.38. The Morgan fingerprint density at radius 3 is 2.16 bits per heavy atom. The molecule has 0 spiro atoms. The number of benzene rings is 1. The van der Waals surface area contributed by atoms with Crippen LogP contribution in [-0.4, -0.2) is 5.60 Å². The van der Waals surface area contributed by atoms with Crippen LogP contribution in [0.15, 0.2) is 23.4 Å². The van der Waals surface area contributed by atoms with Crippen LogP contribution in [0.1, 0.15) is 91.8 Å². The molecule has 0 saturated carbocycles. The van der Waals surface area contributed by atoms with Gasteiger partial charge < -0.3 is 10.5 Å². The summed E-state index contributed by atoms with van der Waals surface area (Å²) in [6.07, 6.45) is 2.98. The molecule has 0 bridgehead atoms. The fourth-order valence-electron chi connectivity index (χ4n) is 3.51. The SMILES string of the molecule is C/C(N)=C(\C)CC1(C)CCc2cc(C(C)(C)C)cc(C(C)(C)C)c2O1. The molecule has 1 unspecified atom stereocenters. The summed E-state index contributed by atoms with van der Waals surface area (Å²) in [7, 11) is 0. The maximum Gasteiger partial charge on any atom is 0.127 e. The highest BCUT2D eigenvalue weighted by molar-refractivity contribution is 5.51. The molecule has 0 fully saturated rings. The standard InChI is InChI=1S/C23H37NO/c1-15(16(2)24)14-23(9)11-10-17-12-18(21(3,4)5)13-19(20(17)25-23)22(6,7)8/h12-13H,10-11,14,24H2,1-9H3/b16-15-. The molecular weight excluding hydrogens is 306 g/mol. The third kappa shape index (κ3) is 4.40. The van der Waals surface area contributed by atoms with Gasteiger partial charge in [-0.15, -0.1) is 0 Å². The van der Waals surface area contributed by atoms with Crippen LogP contribution in [0.3, 0.4) is 0 Å². The van der Waals surface area contributed by atoms with Crippen molar-refractivity contribution in [2.75, 3.05) is 0 Å². The Hall–Kier alpha value is -1.44. The number of hydrogen-bond donors (Lipinski definition) is 1. The van der Waals surface area contributed by atoms with Crippen molar-refractivity contribution >= 4 is 0 Å². The Morgan fingerprint density at radius 2 is 1.68 bits per heavy atom. The number of rotatable bonds is 2. The minimum Gasteiger partial charge on any atom is -0.487 e. The second-order valence-corrected chi connectivity index (χ2v) is 10.2. The summed E-state index contributed by atoms with van der Waals surface area (Å²) in [6.45, 7) is 20.0. The van der Waals surface area contributed by atoms with Gasteiger partial charge in [-0.25, -0.2) is 0 Å². The molecule has 1 aliphatic heterocycles. The number of fused-ring (bicyclic) bond motifs is 1. The maximum atomic E-state index is 6.68. The average Bonchev–Trinajstić information content (AvgIpc) is 2.43. The fraction of sp³-hybridized carbons (Fsp3) is 0.652. The number of nitrogens with two attached hydrogens (primary N) is 1. The van der Waals surface area contributed by atoms with Crippen molar-refractivity contribution in [2.24, 2.45) is 5.73 Å². The quantitative estimate of drug-likeness (QED) is 0.714. The molecule has 1 aromatic carbocycles. The third-order valence-corrected chi connectivity index (χ3v) is 5.42. The highest BCUT2D eigenvalue weighted by Gasteiger charge is 2.36. The molecule has 0 amide bonds. The molecule has 1 heterocycles. The Bertz CT molecular complexity index is 681. The lowest BCUT2D eigenvalue weighted by Gasteiger charge is -2.40. The van der Waals surface area contributed by atoms with E-state index >= 15 is 0 Å². The molecule has 25 heavy (non-hydrogen) atoms. The van der Waals surface area contributed by atoms with Gasteiger partial charge in [0.25, 0.3) is 0 Å². The number of allylic oxidation sites excluding steroid dienone is 1. The van der Waals surface area contributed by atoms with Gasteiger partial charge in [0, 0.05) is 17.7 Å². The first-order valence-corrected chi connectivity index (χ1v) is 9.52. The molecule has 1 atom stereocenters. The van der Waals surface area contributed by atoms with Gasteiger partial charge in [-0.05, 0) is 55.6 Å². The van der Waals surface area contributed by atoms with E-state index in [1.165, 1.54) is 22.3 Å². The zero-order valence-electron chi connectivity index (χ0n) is 17.8. The Morgan fingerprint density at radius 1 is 1.08 bits per heavy atom. The second kappa shape index (κ2) is 6.37. The number of ether oxygens (including phenoxy) is 1. The minimum atomic E-state index is -0.180. The van der Waals surface area contributed by atoms with Gasteiger partial charge in [-0.1, -0.05) is 59.2 Å². The summed E-state index contributed by atoms with van der Waals surface area (Å²) in [5, 5.41) is 0. The predicted molar refractivity (Wildman–Crippen MR) is 108 cm³/mol. The lowest BCUT2D eigenvalue weighted by molar-refractivity contribution is 0.0626. The van der Waals surface area contributed by atoms with Crippen LogP contribution >= 0.6 is 0 Å². The smallest absolute Gasteiger partial charge is 0.127 e. The molecule has 0 radical (unpaired) electrons. The summed E-state index contributed by atoms with van der Waals surface area (Å²) in [6, 6.07) is 4.72. The minimum absolute atomic E-state index is 0.0538. The van der Waals surface area contributed by atoms with E-state index in [2.05, 4.69) is 67.5 Å². The molecule has 2 heteroatoms. The molecule has 140 valence electrons. The van der Waals surface area contributed by atoms with Crippen LogP contribution in [-0.2, 0) is 17.3 Å². The summed E-state index contributed by atoms with van der Waals surface area (Å²) in [5.74, 6) is 1.11. The molecule has 0 saturated heterocycles. The zero-order chi connectivity index (χ0) is 19.2. The van der Waals surface area contributed by atoms with Crippen LogP contribution in [0.2, 0.25) is 0 Å². The van der Waals surface area contributed by atoms with Crippen molar-refractivity contribution in [1.29, 1.82) is 0 Å². The zero-order valence-corrected chi connectivity index (χ0v) is 17.8. The molecule has 1 aromatic rings. The van der Waals surface area contributed by atoms with Crippen LogP contribution in [0.4, 0.5) is 0 Å². The van der Waals surface area contributed by atoms with Crippen LogP contribution in [0.25, 0.3) is 0 Å². The van der Waals surface area contributed by atoms with Crippen molar-refractivity contribution < 1.29 is 4.74 Å². The lowest BCUT2D eigenvalue weighted by atomic mass is 9.76. The molecule has 1 aliphatic rings. The van der Waals surface area contributed by atoms with Crippen molar-refractivity contribution in [1.82, 2.24) is 0 Å². The van der Waals surface area contributed by atoms with Gasteiger partial charge in [-0.2, -0.15) is 0 Å². The summed E-state index contributed by atoms with van der Waals surface area (Å²) in [5.41, 5.74) is 12.2. The summed E-state index contributed by atoms with van der Waals surface area (Å²) >= 11 is 0. The topological polar surface area (TPSA) is 35.2 Å². The van der Waals surface area contributed by atoms with E-state index in [1.807, 2.05) is 6.92 Å². The third-order valence-electron chi connectivity index (χ3n) is 5.42. The highest BCUT2D eigenvalue weighted by Crippen LogP contribution is 2.45. The van der Waals surface area contributed by atoms with Crippen molar-refractivity contribution in [3.05, 3.63) is 40.1 Å². The van der Waals surface area contributed by atoms with Crippen molar-refractivity contribution in [3.8, 4) is 5.75 Å². The Labute approximate surface area is 154 Å². The molecule has 0 aromatic heterocycles. The average molecular weight is 344 g/mol. The predicted octanol–water partition coefficient (Wildman–Crippen LogP) is 6.01. The van der Waals surface area contributed by atoms with E-state index < -0.39 is 0 Å².